The zero-order valence-corrected chi connectivity index (χ0v) is 11.2. The standard InChI is InChI=1S/C14H17N3O2/c1-9-6-12(18)13(10(2)16-9)14(19)17-5-3-4-11(7-15)8-17/h6,11H,3-5,8H2,1-2H3,(H,16,18)/t11-/m1/s1. The maximum atomic E-state index is 12.4. The van der Waals surface area contributed by atoms with Gasteiger partial charge in [0.15, 0.2) is 5.43 Å². The number of nitrogens with zero attached hydrogens (tertiary/aromatic N) is 2. The predicted octanol–water partition coefficient (Wildman–Crippen LogP) is 1.37. The number of H-pyrrole nitrogens is 1. The van der Waals surface area contributed by atoms with Crippen molar-refractivity contribution in [1.29, 1.82) is 5.26 Å². The number of amides is 1. The number of hydrogen-bond acceptors (Lipinski definition) is 3. The van der Waals surface area contributed by atoms with E-state index in [1.54, 1.807) is 18.7 Å². The molecule has 1 saturated heterocycles. The van der Waals surface area contributed by atoms with E-state index < -0.39 is 0 Å². The number of hydrogen-bond donors (Lipinski definition) is 1. The molecule has 0 radical (unpaired) electrons. The van der Waals surface area contributed by atoms with Gasteiger partial charge in [-0.3, -0.25) is 9.59 Å². The third kappa shape index (κ3) is 2.68. The third-order valence-corrected chi connectivity index (χ3v) is 3.46. The average molecular weight is 259 g/mol. The van der Waals surface area contributed by atoms with E-state index >= 15 is 0 Å². The molecule has 19 heavy (non-hydrogen) atoms. The number of nitrogens with one attached hydrogen (secondary N) is 1. The van der Waals surface area contributed by atoms with Crippen LogP contribution in [0.5, 0.6) is 0 Å². The van der Waals surface area contributed by atoms with E-state index in [0.29, 0.717) is 18.8 Å². The lowest BCUT2D eigenvalue weighted by molar-refractivity contribution is 0.0696. The van der Waals surface area contributed by atoms with Crippen LogP contribution in [0.4, 0.5) is 0 Å². The number of likely N-dealkylation sites (tertiary alicyclic amines) is 1. The van der Waals surface area contributed by atoms with Crippen LogP contribution in [-0.4, -0.2) is 28.9 Å². The Kier molecular flexibility index (Phi) is 3.70. The minimum absolute atomic E-state index is 0.123. The van der Waals surface area contributed by atoms with Crippen molar-refractivity contribution in [3.63, 3.8) is 0 Å². The van der Waals surface area contributed by atoms with Gasteiger partial charge in [0.25, 0.3) is 5.91 Å². The second-order valence-corrected chi connectivity index (χ2v) is 5.04. The number of aromatic nitrogens is 1. The van der Waals surface area contributed by atoms with Crippen molar-refractivity contribution in [2.75, 3.05) is 13.1 Å². The highest BCUT2D eigenvalue weighted by Gasteiger charge is 2.26. The average Bonchev–Trinajstić information content (AvgIpc) is 2.37. The van der Waals surface area contributed by atoms with E-state index in [2.05, 4.69) is 11.1 Å². The molecule has 1 aliphatic rings. The van der Waals surface area contributed by atoms with Gasteiger partial charge in [-0.15, -0.1) is 0 Å². The molecule has 1 atom stereocenters. The van der Waals surface area contributed by atoms with Gasteiger partial charge in [0.05, 0.1) is 12.0 Å². The fourth-order valence-corrected chi connectivity index (χ4v) is 2.54. The Labute approximate surface area is 111 Å². The van der Waals surface area contributed by atoms with Gasteiger partial charge >= 0.3 is 0 Å². The first-order valence-electron chi connectivity index (χ1n) is 6.42. The lowest BCUT2D eigenvalue weighted by atomic mass is 9.98. The summed E-state index contributed by atoms with van der Waals surface area (Å²) in [5, 5.41) is 8.95. The first kappa shape index (κ1) is 13.3. The van der Waals surface area contributed by atoms with Crippen LogP contribution in [0.2, 0.25) is 0 Å². The first-order chi connectivity index (χ1) is 9.02. The Morgan fingerprint density at radius 1 is 1.53 bits per heavy atom. The monoisotopic (exact) mass is 259 g/mol. The number of carbonyl (C=O) groups is 1. The van der Waals surface area contributed by atoms with Gasteiger partial charge in [-0.05, 0) is 26.7 Å². The summed E-state index contributed by atoms with van der Waals surface area (Å²) in [6, 6.07) is 3.64. The smallest absolute Gasteiger partial charge is 0.259 e. The Morgan fingerprint density at radius 2 is 2.26 bits per heavy atom. The van der Waals surface area contributed by atoms with E-state index in [4.69, 9.17) is 5.26 Å². The van der Waals surface area contributed by atoms with Crippen molar-refractivity contribution < 1.29 is 4.79 Å². The van der Waals surface area contributed by atoms with Gasteiger partial charge in [0, 0.05) is 30.5 Å². The molecule has 2 heterocycles. The summed E-state index contributed by atoms with van der Waals surface area (Å²) in [7, 11) is 0. The number of pyridine rings is 1. The molecule has 5 heteroatoms. The van der Waals surface area contributed by atoms with Crippen LogP contribution in [0, 0.1) is 31.1 Å². The van der Waals surface area contributed by atoms with Gasteiger partial charge < -0.3 is 9.88 Å². The number of aromatic amines is 1. The first-order valence-corrected chi connectivity index (χ1v) is 6.42. The Bertz CT molecular complexity index is 598. The second-order valence-electron chi connectivity index (χ2n) is 5.04. The van der Waals surface area contributed by atoms with E-state index in [1.807, 2.05) is 0 Å². The molecule has 1 aromatic heterocycles. The quantitative estimate of drug-likeness (QED) is 0.827. The highest BCUT2D eigenvalue weighted by molar-refractivity contribution is 5.95. The molecule has 5 nitrogen and oxygen atoms in total. The Hall–Kier alpha value is -2.09. The number of carbonyl (C=O) groups excluding carboxylic acids is 1. The van der Waals surface area contributed by atoms with Crippen molar-refractivity contribution in [2.24, 2.45) is 5.92 Å². The summed E-state index contributed by atoms with van der Waals surface area (Å²) in [6.45, 7) is 4.55. The van der Waals surface area contributed by atoms with Crippen LogP contribution >= 0.6 is 0 Å². The second kappa shape index (κ2) is 5.27. The molecular weight excluding hydrogens is 242 g/mol. The molecule has 1 N–H and O–H groups in total. The molecule has 0 aliphatic carbocycles. The predicted molar refractivity (Wildman–Crippen MR) is 70.8 cm³/mol. The van der Waals surface area contributed by atoms with Gasteiger partial charge in [-0.25, -0.2) is 0 Å². The minimum atomic E-state index is -0.265. The maximum Gasteiger partial charge on any atom is 0.259 e. The third-order valence-electron chi connectivity index (χ3n) is 3.46. The summed E-state index contributed by atoms with van der Waals surface area (Å²) < 4.78 is 0. The minimum Gasteiger partial charge on any atom is -0.362 e. The highest BCUT2D eigenvalue weighted by atomic mass is 16.2. The van der Waals surface area contributed by atoms with Crippen molar-refractivity contribution in [3.8, 4) is 6.07 Å². The fourth-order valence-electron chi connectivity index (χ4n) is 2.54. The maximum absolute atomic E-state index is 12.4. The molecule has 2 rings (SSSR count). The molecule has 0 unspecified atom stereocenters. The van der Waals surface area contributed by atoms with Crippen LogP contribution in [0.3, 0.4) is 0 Å². The van der Waals surface area contributed by atoms with Gasteiger partial charge in [0.2, 0.25) is 0 Å². The van der Waals surface area contributed by atoms with Gasteiger partial charge in [-0.1, -0.05) is 0 Å². The fraction of sp³-hybridized carbons (Fsp3) is 0.500. The number of piperidine rings is 1. The zero-order chi connectivity index (χ0) is 14.0. The molecule has 1 aromatic rings. The highest BCUT2D eigenvalue weighted by Crippen LogP contribution is 2.17. The van der Waals surface area contributed by atoms with E-state index in [1.165, 1.54) is 6.07 Å². The summed E-state index contributed by atoms with van der Waals surface area (Å²) in [6.07, 6.45) is 1.64. The molecule has 100 valence electrons. The summed E-state index contributed by atoms with van der Waals surface area (Å²) in [4.78, 5) is 29.0. The zero-order valence-electron chi connectivity index (χ0n) is 11.2. The van der Waals surface area contributed by atoms with Crippen LogP contribution in [0.1, 0.15) is 34.6 Å². The molecule has 0 bridgehead atoms. The molecule has 1 aliphatic heterocycles. The summed E-state index contributed by atoms with van der Waals surface area (Å²) in [5.74, 6) is -0.388. The summed E-state index contributed by atoms with van der Waals surface area (Å²) in [5.41, 5.74) is 1.28. The molecule has 0 saturated carbocycles. The molecule has 0 spiro atoms. The van der Waals surface area contributed by atoms with Gasteiger partial charge in [0.1, 0.15) is 5.56 Å². The van der Waals surface area contributed by atoms with Crippen LogP contribution in [-0.2, 0) is 0 Å². The number of rotatable bonds is 1. The number of aryl methyl sites for hydroxylation is 2. The van der Waals surface area contributed by atoms with Crippen molar-refractivity contribution in [3.05, 3.63) is 33.2 Å². The van der Waals surface area contributed by atoms with Crippen LogP contribution < -0.4 is 5.43 Å². The van der Waals surface area contributed by atoms with Crippen molar-refractivity contribution >= 4 is 5.91 Å². The lowest BCUT2D eigenvalue weighted by Crippen LogP contribution is -2.41. The molecule has 1 amide bonds. The Balaban J connectivity index is 2.30. The summed E-state index contributed by atoms with van der Waals surface area (Å²) >= 11 is 0. The van der Waals surface area contributed by atoms with E-state index in [-0.39, 0.29) is 22.8 Å². The lowest BCUT2D eigenvalue weighted by Gasteiger charge is -2.29. The van der Waals surface area contributed by atoms with E-state index in [9.17, 15) is 9.59 Å². The molecule has 1 fully saturated rings. The van der Waals surface area contributed by atoms with Crippen molar-refractivity contribution in [2.45, 2.75) is 26.7 Å². The normalized spacial score (nSPS) is 19.0. The number of nitriles is 1. The van der Waals surface area contributed by atoms with Crippen LogP contribution in [0.15, 0.2) is 10.9 Å². The van der Waals surface area contributed by atoms with Crippen LogP contribution in [0.25, 0.3) is 0 Å². The Morgan fingerprint density at radius 3 is 2.89 bits per heavy atom. The molecule has 0 aromatic carbocycles. The van der Waals surface area contributed by atoms with Crippen molar-refractivity contribution in [1.82, 2.24) is 9.88 Å². The van der Waals surface area contributed by atoms with Gasteiger partial charge in [-0.2, -0.15) is 5.26 Å². The molecular formula is C14H17N3O2. The SMILES string of the molecule is Cc1cc(=O)c(C(=O)N2CCC[C@H](C#N)C2)c(C)[nH]1. The van der Waals surface area contributed by atoms with E-state index in [0.717, 1.165) is 18.5 Å². The topological polar surface area (TPSA) is 77.0 Å². The largest absolute Gasteiger partial charge is 0.362 e.